The number of carbonyl (C=O) groups is 1. The van der Waals surface area contributed by atoms with Crippen LogP contribution in [0.2, 0.25) is 0 Å². The Labute approximate surface area is 164 Å². The number of likely N-dealkylation sites (tertiary alicyclic amines) is 1. The molecule has 2 aromatic heterocycles. The lowest BCUT2D eigenvalue weighted by Crippen LogP contribution is -2.33. The summed E-state index contributed by atoms with van der Waals surface area (Å²) in [5.74, 6) is 0.949. The Morgan fingerprint density at radius 2 is 2.04 bits per heavy atom. The summed E-state index contributed by atoms with van der Waals surface area (Å²) < 4.78 is 0. The SMILES string of the molecule is CN(C)c1ccc(N[C@H]2CCCN(C(=O)c3n[nH]c4ccccc34)CC2)cn1. The van der Waals surface area contributed by atoms with E-state index in [2.05, 4.69) is 26.6 Å². The van der Waals surface area contributed by atoms with E-state index in [0.29, 0.717) is 11.7 Å². The van der Waals surface area contributed by atoms with Crippen LogP contribution in [0.5, 0.6) is 0 Å². The van der Waals surface area contributed by atoms with Crippen LogP contribution < -0.4 is 10.2 Å². The molecule has 0 bridgehead atoms. The molecule has 3 aromatic rings. The molecule has 1 atom stereocenters. The maximum Gasteiger partial charge on any atom is 0.274 e. The van der Waals surface area contributed by atoms with Crippen molar-refractivity contribution in [3.63, 3.8) is 0 Å². The summed E-state index contributed by atoms with van der Waals surface area (Å²) in [6.07, 6.45) is 4.78. The Hall–Kier alpha value is -3.09. The van der Waals surface area contributed by atoms with Gasteiger partial charge in [0.25, 0.3) is 5.91 Å². The van der Waals surface area contributed by atoms with Gasteiger partial charge in [-0.25, -0.2) is 4.98 Å². The minimum absolute atomic E-state index is 0.00935. The van der Waals surface area contributed by atoms with Gasteiger partial charge in [0.2, 0.25) is 0 Å². The number of aromatic nitrogens is 3. The predicted octanol–water partition coefficient (Wildman–Crippen LogP) is 3.13. The fourth-order valence-electron chi connectivity index (χ4n) is 3.69. The summed E-state index contributed by atoms with van der Waals surface area (Å²) in [6.45, 7) is 1.48. The van der Waals surface area contributed by atoms with Crippen LogP contribution in [0.15, 0.2) is 42.6 Å². The molecule has 28 heavy (non-hydrogen) atoms. The third-order valence-corrected chi connectivity index (χ3v) is 5.27. The van der Waals surface area contributed by atoms with Gasteiger partial charge in [-0.2, -0.15) is 5.10 Å². The number of benzene rings is 1. The highest BCUT2D eigenvalue weighted by Crippen LogP contribution is 2.21. The first-order valence-electron chi connectivity index (χ1n) is 9.74. The van der Waals surface area contributed by atoms with Crippen LogP contribution in [0.4, 0.5) is 11.5 Å². The molecule has 1 saturated heterocycles. The number of rotatable bonds is 4. The van der Waals surface area contributed by atoms with Crippen molar-refractivity contribution in [2.45, 2.75) is 25.3 Å². The van der Waals surface area contributed by atoms with Gasteiger partial charge >= 0.3 is 0 Å². The molecule has 0 spiro atoms. The molecule has 1 aromatic carbocycles. The number of carbonyl (C=O) groups excluding carboxylic acids is 1. The van der Waals surface area contributed by atoms with Crippen molar-refractivity contribution in [1.82, 2.24) is 20.1 Å². The second kappa shape index (κ2) is 7.88. The van der Waals surface area contributed by atoms with Crippen molar-refractivity contribution >= 4 is 28.3 Å². The number of para-hydroxylation sites is 1. The van der Waals surface area contributed by atoms with Crippen molar-refractivity contribution in [1.29, 1.82) is 0 Å². The Bertz CT molecular complexity index is 949. The van der Waals surface area contributed by atoms with Gasteiger partial charge in [-0.05, 0) is 37.5 Å². The van der Waals surface area contributed by atoms with Crippen LogP contribution in [0.1, 0.15) is 29.8 Å². The first kappa shape index (κ1) is 18.3. The van der Waals surface area contributed by atoms with Gasteiger partial charge in [-0.1, -0.05) is 18.2 Å². The fraction of sp³-hybridized carbons (Fsp3) is 0.381. The zero-order valence-corrected chi connectivity index (χ0v) is 16.4. The molecule has 7 heteroatoms. The van der Waals surface area contributed by atoms with Crippen molar-refractivity contribution < 1.29 is 4.79 Å². The number of pyridine rings is 1. The highest BCUT2D eigenvalue weighted by Gasteiger charge is 2.24. The normalized spacial score (nSPS) is 17.4. The number of hydrogen-bond acceptors (Lipinski definition) is 5. The maximum absolute atomic E-state index is 13.0. The lowest BCUT2D eigenvalue weighted by atomic mass is 10.1. The molecular formula is C21H26N6O. The van der Waals surface area contributed by atoms with Gasteiger partial charge < -0.3 is 15.1 Å². The third-order valence-electron chi connectivity index (χ3n) is 5.27. The number of H-pyrrole nitrogens is 1. The number of aromatic amines is 1. The predicted molar refractivity (Wildman–Crippen MR) is 112 cm³/mol. The molecule has 0 unspecified atom stereocenters. The minimum atomic E-state index is 0.00935. The molecular weight excluding hydrogens is 352 g/mol. The quantitative estimate of drug-likeness (QED) is 0.729. The third kappa shape index (κ3) is 3.78. The highest BCUT2D eigenvalue weighted by atomic mass is 16.2. The van der Waals surface area contributed by atoms with E-state index in [1.807, 2.05) is 60.4 Å². The van der Waals surface area contributed by atoms with Crippen LogP contribution in [0.3, 0.4) is 0 Å². The number of hydrogen-bond donors (Lipinski definition) is 2. The number of fused-ring (bicyclic) bond motifs is 1. The molecule has 0 aliphatic carbocycles. The van der Waals surface area contributed by atoms with Crippen LogP contribution in [-0.2, 0) is 0 Å². The van der Waals surface area contributed by atoms with E-state index in [-0.39, 0.29) is 5.91 Å². The molecule has 2 N–H and O–H groups in total. The van der Waals surface area contributed by atoms with Crippen LogP contribution in [0.25, 0.3) is 10.9 Å². The first-order valence-corrected chi connectivity index (χ1v) is 9.74. The Morgan fingerprint density at radius 3 is 2.82 bits per heavy atom. The van der Waals surface area contributed by atoms with E-state index in [4.69, 9.17) is 0 Å². The average Bonchev–Trinajstić information content (AvgIpc) is 3.00. The lowest BCUT2D eigenvalue weighted by Gasteiger charge is -2.20. The summed E-state index contributed by atoms with van der Waals surface area (Å²) in [7, 11) is 3.96. The molecule has 0 saturated carbocycles. The van der Waals surface area contributed by atoms with Gasteiger partial charge in [-0.3, -0.25) is 9.89 Å². The van der Waals surface area contributed by atoms with Crippen LogP contribution in [-0.4, -0.2) is 59.2 Å². The fourth-order valence-corrected chi connectivity index (χ4v) is 3.69. The van der Waals surface area contributed by atoms with Gasteiger partial charge in [0.1, 0.15) is 5.82 Å². The first-order chi connectivity index (χ1) is 13.6. The van der Waals surface area contributed by atoms with Gasteiger partial charge in [-0.15, -0.1) is 0 Å². The minimum Gasteiger partial charge on any atom is -0.381 e. The lowest BCUT2D eigenvalue weighted by molar-refractivity contribution is 0.0757. The van der Waals surface area contributed by atoms with Gasteiger partial charge in [0.15, 0.2) is 5.69 Å². The Morgan fingerprint density at radius 1 is 1.18 bits per heavy atom. The average molecular weight is 378 g/mol. The topological polar surface area (TPSA) is 77.1 Å². The van der Waals surface area contributed by atoms with E-state index < -0.39 is 0 Å². The number of anilines is 2. The maximum atomic E-state index is 13.0. The van der Waals surface area contributed by atoms with E-state index in [1.54, 1.807) is 0 Å². The smallest absolute Gasteiger partial charge is 0.274 e. The Balaban J connectivity index is 1.40. The second-order valence-electron chi connectivity index (χ2n) is 7.48. The molecule has 3 heterocycles. The van der Waals surface area contributed by atoms with E-state index in [1.165, 1.54) is 0 Å². The molecule has 7 nitrogen and oxygen atoms in total. The van der Waals surface area contributed by atoms with E-state index >= 15 is 0 Å². The van der Waals surface area contributed by atoms with E-state index in [9.17, 15) is 4.79 Å². The molecule has 1 aliphatic rings. The molecule has 146 valence electrons. The molecule has 1 fully saturated rings. The zero-order chi connectivity index (χ0) is 19.5. The summed E-state index contributed by atoms with van der Waals surface area (Å²) >= 11 is 0. The summed E-state index contributed by atoms with van der Waals surface area (Å²) in [5.41, 5.74) is 2.44. The van der Waals surface area contributed by atoms with Crippen molar-refractivity contribution in [2.75, 3.05) is 37.4 Å². The van der Waals surface area contributed by atoms with Crippen LogP contribution in [0, 0.1) is 0 Å². The van der Waals surface area contributed by atoms with Crippen molar-refractivity contribution in [3.05, 3.63) is 48.3 Å². The van der Waals surface area contributed by atoms with Crippen LogP contribution >= 0.6 is 0 Å². The van der Waals surface area contributed by atoms with Crippen molar-refractivity contribution in [2.24, 2.45) is 0 Å². The molecule has 4 rings (SSSR count). The monoisotopic (exact) mass is 378 g/mol. The summed E-state index contributed by atoms with van der Waals surface area (Å²) in [4.78, 5) is 21.4. The largest absolute Gasteiger partial charge is 0.381 e. The summed E-state index contributed by atoms with van der Waals surface area (Å²) in [6, 6.07) is 12.2. The zero-order valence-electron chi connectivity index (χ0n) is 16.4. The van der Waals surface area contributed by atoms with E-state index in [0.717, 1.165) is 54.8 Å². The molecule has 1 amide bonds. The summed E-state index contributed by atoms with van der Waals surface area (Å²) in [5, 5.41) is 11.7. The standard InChI is InChI=1S/C21H26N6O/c1-26(2)19-10-9-16(14-22-19)23-15-6-5-12-27(13-11-15)21(28)20-17-7-3-4-8-18(17)24-25-20/h3-4,7-10,14-15,23H,5-6,11-13H2,1-2H3,(H,24,25)/t15-/m0/s1. The number of amides is 1. The highest BCUT2D eigenvalue weighted by molar-refractivity contribution is 6.04. The number of nitrogens with zero attached hydrogens (tertiary/aromatic N) is 4. The van der Waals surface area contributed by atoms with Gasteiger partial charge in [0.05, 0.1) is 17.4 Å². The van der Waals surface area contributed by atoms with Crippen molar-refractivity contribution in [3.8, 4) is 0 Å². The molecule has 1 aliphatic heterocycles. The second-order valence-corrected chi connectivity index (χ2v) is 7.48. The Kier molecular flexibility index (Phi) is 5.14. The molecule has 0 radical (unpaired) electrons. The number of nitrogens with one attached hydrogen (secondary N) is 2. The van der Waals surface area contributed by atoms with Gasteiger partial charge in [0, 0.05) is 38.6 Å².